The van der Waals surface area contributed by atoms with Crippen molar-refractivity contribution >= 4 is 11.8 Å². The smallest absolute Gasteiger partial charge is 0.168 e. The molecule has 1 atom stereocenters. The fraction of sp³-hybridized carbons (Fsp3) is 0.727. The summed E-state index contributed by atoms with van der Waals surface area (Å²) in [5.74, 6) is 0.670. The average molecular weight is 244 g/mol. The lowest BCUT2D eigenvalue weighted by Crippen LogP contribution is -2.09. The standard InChI is InChI=1S/C11H20N2O2S/c1-8(14)7-16-11-12-9(2)10(3)13(11)5-6-15-4/h8,14H,5-7H2,1-4H3/t8-/m1/s1. The minimum absolute atomic E-state index is 0.307. The van der Waals surface area contributed by atoms with Gasteiger partial charge in [-0.15, -0.1) is 0 Å². The molecule has 0 unspecified atom stereocenters. The highest BCUT2D eigenvalue weighted by Gasteiger charge is 2.11. The van der Waals surface area contributed by atoms with Crippen LogP contribution in [0.3, 0.4) is 0 Å². The summed E-state index contributed by atoms with van der Waals surface area (Å²) < 4.78 is 7.23. The monoisotopic (exact) mass is 244 g/mol. The Kier molecular flexibility index (Phi) is 5.31. The topological polar surface area (TPSA) is 47.3 Å². The predicted molar refractivity (Wildman–Crippen MR) is 66.0 cm³/mol. The van der Waals surface area contributed by atoms with Crippen LogP contribution in [0.2, 0.25) is 0 Å². The van der Waals surface area contributed by atoms with Crippen molar-refractivity contribution in [3.63, 3.8) is 0 Å². The highest BCUT2D eigenvalue weighted by Crippen LogP contribution is 2.21. The molecule has 16 heavy (non-hydrogen) atoms. The summed E-state index contributed by atoms with van der Waals surface area (Å²) in [7, 11) is 1.70. The Hall–Kier alpha value is -0.520. The van der Waals surface area contributed by atoms with Crippen LogP contribution in [-0.2, 0) is 11.3 Å². The Morgan fingerprint density at radius 3 is 2.75 bits per heavy atom. The number of aliphatic hydroxyl groups is 1. The zero-order chi connectivity index (χ0) is 12.1. The van der Waals surface area contributed by atoms with E-state index in [0.29, 0.717) is 12.4 Å². The third kappa shape index (κ3) is 3.50. The first-order valence-electron chi connectivity index (χ1n) is 5.39. The lowest BCUT2D eigenvalue weighted by Gasteiger charge is -2.09. The van der Waals surface area contributed by atoms with Crippen LogP contribution in [0, 0.1) is 13.8 Å². The number of imidazole rings is 1. The van der Waals surface area contributed by atoms with E-state index in [1.54, 1.807) is 25.8 Å². The maximum Gasteiger partial charge on any atom is 0.168 e. The third-order valence-corrected chi connectivity index (χ3v) is 3.61. The van der Waals surface area contributed by atoms with Gasteiger partial charge in [0.05, 0.1) is 18.4 Å². The fourth-order valence-corrected chi connectivity index (χ4v) is 2.35. The van der Waals surface area contributed by atoms with Gasteiger partial charge in [-0.3, -0.25) is 0 Å². The molecular formula is C11H20N2O2S. The number of aliphatic hydroxyl groups excluding tert-OH is 1. The van der Waals surface area contributed by atoms with Crippen molar-refractivity contribution in [1.82, 2.24) is 9.55 Å². The molecule has 5 heteroatoms. The van der Waals surface area contributed by atoms with Crippen LogP contribution in [0.4, 0.5) is 0 Å². The van der Waals surface area contributed by atoms with Crippen molar-refractivity contribution in [3.05, 3.63) is 11.4 Å². The molecule has 1 rings (SSSR count). The average Bonchev–Trinajstić information content (AvgIpc) is 2.50. The summed E-state index contributed by atoms with van der Waals surface area (Å²) in [6.45, 7) is 7.34. The molecule has 0 radical (unpaired) electrons. The first-order chi connectivity index (χ1) is 7.56. The fourth-order valence-electron chi connectivity index (χ4n) is 1.37. The molecule has 0 amide bonds. The van der Waals surface area contributed by atoms with Gasteiger partial charge in [0, 0.05) is 25.1 Å². The van der Waals surface area contributed by atoms with Gasteiger partial charge in [-0.1, -0.05) is 11.8 Å². The molecule has 1 aromatic heterocycles. The normalized spacial score (nSPS) is 13.1. The van der Waals surface area contributed by atoms with E-state index in [4.69, 9.17) is 4.74 Å². The van der Waals surface area contributed by atoms with Crippen LogP contribution < -0.4 is 0 Å². The molecule has 0 saturated carbocycles. The van der Waals surface area contributed by atoms with Gasteiger partial charge in [-0.2, -0.15) is 0 Å². The van der Waals surface area contributed by atoms with Crippen molar-refractivity contribution in [2.75, 3.05) is 19.5 Å². The van der Waals surface area contributed by atoms with E-state index >= 15 is 0 Å². The number of methoxy groups -OCH3 is 1. The minimum Gasteiger partial charge on any atom is -0.393 e. The molecule has 0 saturated heterocycles. The summed E-state index contributed by atoms with van der Waals surface area (Å²) in [5.41, 5.74) is 2.22. The van der Waals surface area contributed by atoms with Crippen LogP contribution in [0.15, 0.2) is 5.16 Å². The minimum atomic E-state index is -0.307. The van der Waals surface area contributed by atoms with Crippen LogP contribution in [0.1, 0.15) is 18.3 Å². The maximum atomic E-state index is 9.27. The molecule has 0 aliphatic rings. The zero-order valence-electron chi connectivity index (χ0n) is 10.4. The summed E-state index contributed by atoms with van der Waals surface area (Å²) in [6.07, 6.45) is -0.307. The van der Waals surface area contributed by atoms with Gasteiger partial charge in [0.1, 0.15) is 0 Å². The summed E-state index contributed by atoms with van der Waals surface area (Å²) in [4.78, 5) is 4.49. The van der Waals surface area contributed by atoms with Crippen molar-refractivity contribution in [2.24, 2.45) is 0 Å². The molecule has 1 aromatic rings. The number of rotatable bonds is 6. The van der Waals surface area contributed by atoms with E-state index in [0.717, 1.165) is 17.4 Å². The molecule has 0 bridgehead atoms. The van der Waals surface area contributed by atoms with Gasteiger partial charge < -0.3 is 14.4 Å². The SMILES string of the molecule is COCCn1c(SC[C@@H](C)O)nc(C)c1C. The van der Waals surface area contributed by atoms with E-state index in [1.807, 2.05) is 6.92 Å². The first kappa shape index (κ1) is 13.5. The Labute approximate surface area is 101 Å². The third-order valence-electron chi connectivity index (χ3n) is 2.40. The Balaban J connectivity index is 2.77. The molecular weight excluding hydrogens is 224 g/mol. The molecule has 0 aromatic carbocycles. The van der Waals surface area contributed by atoms with Gasteiger partial charge >= 0.3 is 0 Å². The molecule has 1 heterocycles. The van der Waals surface area contributed by atoms with Crippen molar-refractivity contribution < 1.29 is 9.84 Å². The van der Waals surface area contributed by atoms with Crippen LogP contribution >= 0.6 is 11.8 Å². The van der Waals surface area contributed by atoms with E-state index in [-0.39, 0.29) is 6.10 Å². The quantitative estimate of drug-likeness (QED) is 0.773. The maximum absolute atomic E-state index is 9.27. The second-order valence-corrected chi connectivity index (χ2v) is 4.86. The molecule has 0 aliphatic carbocycles. The molecule has 0 fully saturated rings. The van der Waals surface area contributed by atoms with E-state index in [2.05, 4.69) is 16.5 Å². The highest BCUT2D eigenvalue weighted by atomic mass is 32.2. The lowest BCUT2D eigenvalue weighted by molar-refractivity contribution is 0.184. The molecule has 4 nitrogen and oxygen atoms in total. The first-order valence-corrected chi connectivity index (χ1v) is 6.38. The number of hydrogen-bond donors (Lipinski definition) is 1. The summed E-state index contributed by atoms with van der Waals surface area (Å²) in [5, 5.41) is 10.2. The molecule has 0 aliphatic heterocycles. The highest BCUT2D eigenvalue weighted by molar-refractivity contribution is 7.99. The summed E-state index contributed by atoms with van der Waals surface area (Å²) in [6, 6.07) is 0. The number of aryl methyl sites for hydroxylation is 1. The number of aromatic nitrogens is 2. The second kappa shape index (κ2) is 6.27. The van der Waals surface area contributed by atoms with Crippen LogP contribution in [0.5, 0.6) is 0 Å². The number of ether oxygens (including phenoxy) is 1. The van der Waals surface area contributed by atoms with E-state index < -0.39 is 0 Å². The Bertz CT molecular complexity index is 337. The second-order valence-electron chi connectivity index (χ2n) is 3.87. The summed E-state index contributed by atoms with van der Waals surface area (Å²) >= 11 is 1.59. The molecule has 0 spiro atoms. The Morgan fingerprint density at radius 1 is 1.50 bits per heavy atom. The van der Waals surface area contributed by atoms with Gasteiger partial charge in [0.15, 0.2) is 5.16 Å². The van der Waals surface area contributed by atoms with Gasteiger partial charge in [0.25, 0.3) is 0 Å². The number of nitrogens with zero attached hydrogens (tertiary/aromatic N) is 2. The molecule has 1 N–H and O–H groups in total. The van der Waals surface area contributed by atoms with Crippen molar-refractivity contribution in [3.8, 4) is 0 Å². The van der Waals surface area contributed by atoms with Crippen molar-refractivity contribution in [2.45, 2.75) is 38.6 Å². The van der Waals surface area contributed by atoms with Crippen molar-refractivity contribution in [1.29, 1.82) is 0 Å². The zero-order valence-corrected chi connectivity index (χ0v) is 11.2. The van der Waals surface area contributed by atoms with Gasteiger partial charge in [0.2, 0.25) is 0 Å². The van der Waals surface area contributed by atoms with E-state index in [1.165, 1.54) is 5.69 Å². The van der Waals surface area contributed by atoms with Crippen LogP contribution in [0.25, 0.3) is 0 Å². The van der Waals surface area contributed by atoms with Gasteiger partial charge in [-0.05, 0) is 20.8 Å². The molecule has 92 valence electrons. The predicted octanol–water partition coefficient (Wildman–Crippen LogP) is 1.62. The number of hydrogen-bond acceptors (Lipinski definition) is 4. The van der Waals surface area contributed by atoms with Gasteiger partial charge in [-0.25, -0.2) is 4.98 Å². The number of thioether (sulfide) groups is 1. The van der Waals surface area contributed by atoms with E-state index in [9.17, 15) is 5.11 Å². The Morgan fingerprint density at radius 2 is 2.19 bits per heavy atom. The largest absolute Gasteiger partial charge is 0.393 e. The lowest BCUT2D eigenvalue weighted by atomic mass is 10.4. The van der Waals surface area contributed by atoms with Crippen LogP contribution in [-0.4, -0.2) is 40.2 Å².